The van der Waals surface area contributed by atoms with Crippen LogP contribution in [0.2, 0.25) is 0 Å². The number of halogens is 4. The number of carbonyl (C=O) groups is 1. The summed E-state index contributed by atoms with van der Waals surface area (Å²) in [5.41, 5.74) is 2.16. The van der Waals surface area contributed by atoms with Crippen molar-refractivity contribution in [1.82, 2.24) is 39.8 Å². The molecule has 0 spiro atoms. The van der Waals surface area contributed by atoms with Crippen LogP contribution < -0.4 is 10.1 Å². The zero-order chi connectivity index (χ0) is 30.1. The maximum Gasteiger partial charge on any atom is 0.573 e. The minimum atomic E-state index is -4.92. The highest BCUT2D eigenvalue weighted by molar-refractivity contribution is 7.88. The second kappa shape index (κ2) is 11.6. The Morgan fingerprint density at radius 1 is 1.14 bits per heavy atom. The average Bonchev–Trinajstić information content (AvgIpc) is 3.51. The molecule has 1 aliphatic rings. The summed E-state index contributed by atoms with van der Waals surface area (Å²) in [7, 11) is -3.18. The van der Waals surface area contributed by atoms with Gasteiger partial charge in [-0.05, 0) is 49.6 Å². The first-order chi connectivity index (χ1) is 19.8. The van der Waals surface area contributed by atoms with E-state index in [1.54, 1.807) is 0 Å². The molecule has 4 heterocycles. The molecule has 5 rings (SSSR count). The zero-order valence-electron chi connectivity index (χ0n) is 22.2. The van der Waals surface area contributed by atoms with Gasteiger partial charge in [-0.1, -0.05) is 5.21 Å². The van der Waals surface area contributed by atoms with E-state index < -0.39 is 33.9 Å². The lowest BCUT2D eigenvalue weighted by Crippen LogP contribution is -2.47. The Morgan fingerprint density at radius 3 is 2.67 bits per heavy atom. The number of alkyl halides is 3. The normalized spacial score (nSPS) is 14.7. The number of aryl methyl sites for hydroxylation is 2. The smallest absolute Gasteiger partial charge is 0.406 e. The number of nitrogens with zero attached hydrogens (tertiary/aromatic N) is 6. The predicted octanol–water partition coefficient (Wildman–Crippen LogP) is 2.90. The average molecular weight is 611 g/mol. The fraction of sp³-hybridized carbons (Fsp3) is 0.400. The molecule has 1 aromatic carbocycles. The van der Waals surface area contributed by atoms with E-state index in [0.717, 1.165) is 41.4 Å². The van der Waals surface area contributed by atoms with Gasteiger partial charge in [-0.15, -0.1) is 23.4 Å². The lowest BCUT2D eigenvalue weighted by molar-refractivity contribution is -0.274. The molecule has 4 aromatic rings. The van der Waals surface area contributed by atoms with Crippen molar-refractivity contribution in [3.8, 4) is 5.75 Å². The Labute approximate surface area is 237 Å². The van der Waals surface area contributed by atoms with Crippen LogP contribution in [0.1, 0.15) is 46.2 Å². The number of fused-ring (bicyclic) bond motifs is 1. The number of H-pyrrole nitrogens is 1. The molecule has 0 saturated carbocycles. The summed E-state index contributed by atoms with van der Waals surface area (Å²) in [6.45, 7) is 0.962. The van der Waals surface area contributed by atoms with Gasteiger partial charge in [0.1, 0.15) is 11.6 Å². The summed E-state index contributed by atoms with van der Waals surface area (Å²) >= 11 is 0. The number of nitrogens with one attached hydrogen (secondary N) is 2. The number of aromatic nitrogens is 6. The minimum Gasteiger partial charge on any atom is -0.406 e. The van der Waals surface area contributed by atoms with Gasteiger partial charge in [0, 0.05) is 48.7 Å². The van der Waals surface area contributed by atoms with Crippen LogP contribution in [-0.4, -0.2) is 74.5 Å². The van der Waals surface area contributed by atoms with Gasteiger partial charge in [0.2, 0.25) is 10.0 Å². The van der Waals surface area contributed by atoms with Gasteiger partial charge >= 0.3 is 6.36 Å². The van der Waals surface area contributed by atoms with Crippen molar-refractivity contribution in [1.29, 1.82) is 0 Å². The highest BCUT2D eigenvalue weighted by atomic mass is 32.2. The second-order valence-corrected chi connectivity index (χ2v) is 11.9. The molecule has 3 aromatic heterocycles. The number of sulfonamides is 1. The Morgan fingerprint density at radius 2 is 1.93 bits per heavy atom. The monoisotopic (exact) mass is 610 g/mol. The van der Waals surface area contributed by atoms with Crippen LogP contribution in [0.3, 0.4) is 0 Å². The number of amides is 1. The first-order valence-electron chi connectivity index (χ1n) is 12.9. The van der Waals surface area contributed by atoms with Gasteiger partial charge in [-0.3, -0.25) is 9.48 Å². The van der Waals surface area contributed by atoms with Crippen LogP contribution in [0.5, 0.6) is 5.75 Å². The number of carbonyl (C=O) groups excluding carboxylic acids is 1. The standard InChI is InChI=1S/C25H26F4N8O4S/c1-42(39,40)37-12-17(13-37)21-10-15-8-18(32-34-23(15)31-21)4-2-3-7-36-14-22(33-35-36)24(38)30-11-16-9-19(5-6-20(16)26)41-25(27,28)29/h5-6,8-10,14,17H,2-4,7,11-13H2,1H3,(H,30,38)(H,31,34). The molecule has 1 aliphatic heterocycles. The van der Waals surface area contributed by atoms with Crippen LogP contribution in [0, 0.1) is 5.82 Å². The minimum absolute atomic E-state index is 0.0243. The number of benzene rings is 1. The summed E-state index contributed by atoms with van der Waals surface area (Å²) in [4.78, 5) is 15.6. The van der Waals surface area contributed by atoms with Gasteiger partial charge in [0.15, 0.2) is 11.3 Å². The molecule has 12 nitrogen and oxygen atoms in total. The summed E-state index contributed by atoms with van der Waals surface area (Å²) in [6, 6.07) is 6.44. The van der Waals surface area contributed by atoms with E-state index in [-0.39, 0.29) is 23.7 Å². The van der Waals surface area contributed by atoms with E-state index >= 15 is 0 Å². The van der Waals surface area contributed by atoms with Gasteiger partial charge in [-0.2, -0.15) is 5.10 Å². The van der Waals surface area contributed by atoms with Crippen molar-refractivity contribution >= 4 is 27.0 Å². The SMILES string of the molecule is CS(=O)(=O)N1CC(c2cc3cc(CCCCn4cc(C(=O)NCc5cc(OC(F)(F)F)ccc5F)nn4)nnc3[nH]2)C1. The molecule has 0 aliphatic carbocycles. The summed E-state index contributed by atoms with van der Waals surface area (Å²) < 4.78 is 81.1. The van der Waals surface area contributed by atoms with E-state index in [0.29, 0.717) is 38.1 Å². The molecule has 0 radical (unpaired) electrons. The molecule has 1 saturated heterocycles. The maximum atomic E-state index is 14.0. The number of ether oxygens (including phenoxy) is 1. The van der Waals surface area contributed by atoms with E-state index in [4.69, 9.17) is 0 Å². The van der Waals surface area contributed by atoms with Crippen LogP contribution in [0.25, 0.3) is 11.0 Å². The number of hydrogen-bond donors (Lipinski definition) is 2. The lowest BCUT2D eigenvalue weighted by Gasteiger charge is -2.36. The van der Waals surface area contributed by atoms with Crippen LogP contribution in [0.15, 0.2) is 36.5 Å². The second-order valence-electron chi connectivity index (χ2n) is 9.95. The third kappa shape index (κ3) is 7.20. The van der Waals surface area contributed by atoms with Crippen LogP contribution in [0.4, 0.5) is 17.6 Å². The molecular weight excluding hydrogens is 584 g/mol. The lowest BCUT2D eigenvalue weighted by atomic mass is 9.99. The quantitative estimate of drug-likeness (QED) is 0.195. The summed E-state index contributed by atoms with van der Waals surface area (Å²) in [5, 5.41) is 19.5. The van der Waals surface area contributed by atoms with Crippen molar-refractivity contribution in [2.24, 2.45) is 0 Å². The van der Waals surface area contributed by atoms with Crippen molar-refractivity contribution in [2.75, 3.05) is 19.3 Å². The third-order valence-corrected chi connectivity index (χ3v) is 7.97. The number of aromatic amines is 1. The fourth-order valence-electron chi connectivity index (χ4n) is 4.49. The van der Waals surface area contributed by atoms with Gasteiger partial charge in [0.05, 0.1) is 18.1 Å². The molecule has 0 atom stereocenters. The Balaban J connectivity index is 1.07. The predicted molar refractivity (Wildman–Crippen MR) is 140 cm³/mol. The molecule has 224 valence electrons. The molecule has 1 amide bonds. The molecule has 17 heteroatoms. The Hall–Kier alpha value is -4.12. The van der Waals surface area contributed by atoms with Crippen molar-refractivity contribution in [3.63, 3.8) is 0 Å². The molecule has 0 unspecified atom stereocenters. The fourth-order valence-corrected chi connectivity index (χ4v) is 5.39. The Bertz CT molecular complexity index is 1700. The van der Waals surface area contributed by atoms with Crippen LogP contribution >= 0.6 is 0 Å². The maximum absolute atomic E-state index is 14.0. The highest BCUT2D eigenvalue weighted by Crippen LogP contribution is 2.30. The van der Waals surface area contributed by atoms with Gasteiger partial charge in [-0.25, -0.2) is 17.1 Å². The molecule has 0 bridgehead atoms. The third-order valence-electron chi connectivity index (χ3n) is 6.74. The van der Waals surface area contributed by atoms with E-state index in [2.05, 4.69) is 35.5 Å². The topological polar surface area (TPSA) is 148 Å². The Kier molecular flexibility index (Phi) is 8.14. The number of rotatable bonds is 11. The number of hydrogen-bond acceptors (Lipinski definition) is 8. The highest BCUT2D eigenvalue weighted by Gasteiger charge is 2.35. The molecular formula is C25H26F4N8O4S. The largest absolute Gasteiger partial charge is 0.573 e. The first-order valence-corrected chi connectivity index (χ1v) is 14.7. The summed E-state index contributed by atoms with van der Waals surface area (Å²) in [5.74, 6) is -1.96. The number of unbranched alkanes of at least 4 members (excludes halogenated alkanes) is 1. The van der Waals surface area contributed by atoms with E-state index in [9.17, 15) is 30.8 Å². The first kappa shape index (κ1) is 29.4. The van der Waals surface area contributed by atoms with Gasteiger partial charge in [0.25, 0.3) is 5.91 Å². The van der Waals surface area contributed by atoms with Crippen molar-refractivity contribution in [2.45, 2.75) is 44.6 Å². The van der Waals surface area contributed by atoms with Crippen molar-refractivity contribution in [3.05, 3.63) is 65.0 Å². The van der Waals surface area contributed by atoms with E-state index in [1.807, 2.05) is 12.1 Å². The van der Waals surface area contributed by atoms with Gasteiger partial charge < -0.3 is 15.0 Å². The molecule has 42 heavy (non-hydrogen) atoms. The van der Waals surface area contributed by atoms with Crippen molar-refractivity contribution < 1.29 is 35.5 Å². The molecule has 1 fully saturated rings. The van der Waals surface area contributed by atoms with E-state index in [1.165, 1.54) is 21.4 Å². The zero-order valence-corrected chi connectivity index (χ0v) is 23.0. The summed E-state index contributed by atoms with van der Waals surface area (Å²) in [6.07, 6.45) is -0.203. The van der Waals surface area contributed by atoms with Crippen LogP contribution in [-0.2, 0) is 29.5 Å². The molecule has 2 N–H and O–H groups in total.